The van der Waals surface area contributed by atoms with Gasteiger partial charge in [-0.2, -0.15) is 0 Å². The lowest BCUT2D eigenvalue weighted by atomic mass is 10.1. The highest BCUT2D eigenvalue weighted by molar-refractivity contribution is 14.0. The maximum atomic E-state index is 12.6. The molecule has 2 heterocycles. The first-order valence-corrected chi connectivity index (χ1v) is 10.9. The number of nitrogens with one attached hydrogen (secondary N) is 1. The molecule has 2 saturated heterocycles. The van der Waals surface area contributed by atoms with Crippen LogP contribution >= 0.6 is 24.0 Å². The number of rotatable bonds is 7. The van der Waals surface area contributed by atoms with Crippen LogP contribution in [0.15, 0.2) is 23.2 Å². The Morgan fingerprint density at radius 1 is 1.19 bits per heavy atom. The van der Waals surface area contributed by atoms with Gasteiger partial charge in [0, 0.05) is 45.4 Å². The summed E-state index contributed by atoms with van der Waals surface area (Å²) >= 11 is 0. The molecule has 0 saturated carbocycles. The highest BCUT2D eigenvalue weighted by Crippen LogP contribution is 2.26. The number of benzene rings is 1. The number of halogens is 1. The molecule has 9 nitrogen and oxygen atoms in total. The molecular weight excluding hydrogens is 527 g/mol. The van der Waals surface area contributed by atoms with Gasteiger partial charge in [-0.05, 0) is 37.5 Å². The first kappa shape index (κ1) is 26.5. The van der Waals surface area contributed by atoms with Gasteiger partial charge in [0.25, 0.3) is 5.91 Å². The summed E-state index contributed by atoms with van der Waals surface area (Å²) in [6.07, 6.45) is 0.703. The van der Waals surface area contributed by atoms with Gasteiger partial charge in [-0.1, -0.05) is 0 Å². The third kappa shape index (κ3) is 6.85. The lowest BCUT2D eigenvalue weighted by Gasteiger charge is -2.37. The van der Waals surface area contributed by atoms with Crippen molar-refractivity contribution in [2.45, 2.75) is 32.0 Å². The first-order chi connectivity index (χ1) is 15.0. The average Bonchev–Trinajstić information content (AvgIpc) is 3.35. The standard InChI is InChI=1S/C22H34N4O5.HI/c1-4-23-22(24-15-19(27)16-12-17(29-2)14-18(13-16)30-3)26-9-7-25(8-10-26)21(28)20-6-5-11-31-20;/h12-14,19-20,27H,4-11,15H2,1-3H3,(H,23,24);1H. The number of hydrogen-bond acceptors (Lipinski definition) is 6. The molecule has 1 amide bonds. The third-order valence-electron chi connectivity index (χ3n) is 5.60. The zero-order valence-electron chi connectivity index (χ0n) is 19.1. The van der Waals surface area contributed by atoms with E-state index >= 15 is 0 Å². The molecule has 10 heteroatoms. The highest BCUT2D eigenvalue weighted by Gasteiger charge is 2.31. The van der Waals surface area contributed by atoms with Gasteiger partial charge >= 0.3 is 0 Å². The van der Waals surface area contributed by atoms with Crippen LogP contribution in [0.1, 0.15) is 31.4 Å². The van der Waals surface area contributed by atoms with Crippen LogP contribution in [0.4, 0.5) is 0 Å². The van der Waals surface area contributed by atoms with Crippen molar-refractivity contribution in [2.75, 3.05) is 60.1 Å². The molecule has 0 spiro atoms. The minimum absolute atomic E-state index is 0. The van der Waals surface area contributed by atoms with Crippen molar-refractivity contribution in [3.8, 4) is 11.5 Å². The molecule has 0 bridgehead atoms. The molecule has 2 N–H and O–H groups in total. The number of nitrogens with zero attached hydrogens (tertiary/aromatic N) is 3. The minimum atomic E-state index is -0.792. The van der Waals surface area contributed by atoms with E-state index in [-0.39, 0.29) is 42.5 Å². The Morgan fingerprint density at radius 2 is 1.81 bits per heavy atom. The SMILES string of the molecule is CCNC(=NCC(O)c1cc(OC)cc(OC)c1)N1CCN(C(=O)C2CCCO2)CC1.I. The minimum Gasteiger partial charge on any atom is -0.497 e. The van der Waals surface area contributed by atoms with Crippen molar-refractivity contribution < 1.29 is 24.1 Å². The summed E-state index contributed by atoms with van der Waals surface area (Å²) < 4.78 is 16.1. The summed E-state index contributed by atoms with van der Waals surface area (Å²) in [6, 6.07) is 5.33. The number of ether oxygens (including phenoxy) is 3. The smallest absolute Gasteiger partial charge is 0.251 e. The molecule has 1 aromatic carbocycles. The number of aliphatic hydroxyl groups is 1. The van der Waals surface area contributed by atoms with Gasteiger partial charge in [0.15, 0.2) is 5.96 Å². The van der Waals surface area contributed by atoms with Crippen LogP contribution in [0.2, 0.25) is 0 Å². The fourth-order valence-electron chi connectivity index (χ4n) is 3.84. The van der Waals surface area contributed by atoms with Gasteiger partial charge < -0.3 is 34.4 Å². The Kier molecular flexibility index (Phi) is 10.8. The molecule has 0 aliphatic carbocycles. The van der Waals surface area contributed by atoms with E-state index in [1.54, 1.807) is 32.4 Å². The topological polar surface area (TPSA) is 95.9 Å². The molecule has 180 valence electrons. The summed E-state index contributed by atoms with van der Waals surface area (Å²) in [5.41, 5.74) is 0.683. The second kappa shape index (κ2) is 13.0. The van der Waals surface area contributed by atoms with E-state index in [9.17, 15) is 9.90 Å². The number of carbonyl (C=O) groups is 1. The van der Waals surface area contributed by atoms with Crippen molar-refractivity contribution in [1.82, 2.24) is 15.1 Å². The number of piperazine rings is 1. The predicted octanol–water partition coefficient (Wildman–Crippen LogP) is 1.64. The van der Waals surface area contributed by atoms with E-state index in [2.05, 4.69) is 15.2 Å². The Morgan fingerprint density at radius 3 is 2.34 bits per heavy atom. The second-order valence-electron chi connectivity index (χ2n) is 7.67. The van der Waals surface area contributed by atoms with Gasteiger partial charge in [-0.25, -0.2) is 0 Å². The second-order valence-corrected chi connectivity index (χ2v) is 7.67. The molecule has 2 aliphatic rings. The maximum absolute atomic E-state index is 12.6. The monoisotopic (exact) mass is 562 g/mol. The van der Waals surface area contributed by atoms with E-state index in [0.29, 0.717) is 49.8 Å². The van der Waals surface area contributed by atoms with E-state index in [4.69, 9.17) is 14.2 Å². The average molecular weight is 562 g/mol. The molecule has 2 unspecified atom stereocenters. The largest absolute Gasteiger partial charge is 0.497 e. The van der Waals surface area contributed by atoms with E-state index < -0.39 is 6.10 Å². The van der Waals surface area contributed by atoms with Crippen molar-refractivity contribution in [1.29, 1.82) is 0 Å². The Balaban J connectivity index is 0.00000363. The number of aliphatic hydroxyl groups excluding tert-OH is 1. The lowest BCUT2D eigenvalue weighted by Crippen LogP contribution is -2.55. The number of methoxy groups -OCH3 is 2. The summed E-state index contributed by atoms with van der Waals surface area (Å²) in [7, 11) is 3.16. The highest BCUT2D eigenvalue weighted by atomic mass is 127. The number of aliphatic imine (C=N–C) groups is 1. The molecular formula is C22H35IN4O5. The summed E-state index contributed by atoms with van der Waals surface area (Å²) in [5.74, 6) is 2.08. The molecule has 1 aromatic rings. The van der Waals surface area contributed by atoms with Gasteiger partial charge in [0.2, 0.25) is 0 Å². The zero-order valence-corrected chi connectivity index (χ0v) is 21.4. The molecule has 0 radical (unpaired) electrons. The third-order valence-corrected chi connectivity index (χ3v) is 5.60. The number of guanidine groups is 1. The Labute approximate surface area is 207 Å². The zero-order chi connectivity index (χ0) is 22.2. The van der Waals surface area contributed by atoms with Crippen LogP contribution in [0, 0.1) is 0 Å². The predicted molar refractivity (Wildman–Crippen MR) is 133 cm³/mol. The van der Waals surface area contributed by atoms with Gasteiger partial charge in [-0.3, -0.25) is 9.79 Å². The van der Waals surface area contributed by atoms with E-state index in [1.807, 2.05) is 11.8 Å². The lowest BCUT2D eigenvalue weighted by molar-refractivity contribution is -0.142. The summed E-state index contributed by atoms with van der Waals surface area (Å²) in [5, 5.41) is 14.0. The van der Waals surface area contributed by atoms with Crippen LogP contribution in [0.25, 0.3) is 0 Å². The fraction of sp³-hybridized carbons (Fsp3) is 0.636. The number of carbonyl (C=O) groups excluding carboxylic acids is 1. The van der Waals surface area contributed by atoms with Gasteiger partial charge in [0.1, 0.15) is 17.6 Å². The summed E-state index contributed by atoms with van der Waals surface area (Å²) in [4.78, 5) is 21.2. The Hall–Kier alpha value is -1.79. The van der Waals surface area contributed by atoms with Crippen molar-refractivity contribution in [3.63, 3.8) is 0 Å². The van der Waals surface area contributed by atoms with E-state index in [1.165, 1.54) is 0 Å². The fourth-order valence-corrected chi connectivity index (χ4v) is 3.84. The molecule has 2 aliphatic heterocycles. The molecule has 3 rings (SSSR count). The van der Waals surface area contributed by atoms with Crippen LogP contribution in [-0.2, 0) is 9.53 Å². The number of hydrogen-bond donors (Lipinski definition) is 2. The van der Waals surface area contributed by atoms with Gasteiger partial charge in [0.05, 0.1) is 26.9 Å². The van der Waals surface area contributed by atoms with Crippen molar-refractivity contribution >= 4 is 35.8 Å². The van der Waals surface area contributed by atoms with E-state index in [0.717, 1.165) is 25.3 Å². The van der Waals surface area contributed by atoms with Gasteiger partial charge in [-0.15, -0.1) is 24.0 Å². The quantitative estimate of drug-likeness (QED) is 0.297. The summed E-state index contributed by atoms with van der Waals surface area (Å²) in [6.45, 7) is 6.26. The van der Waals surface area contributed by atoms with Crippen LogP contribution < -0.4 is 14.8 Å². The van der Waals surface area contributed by atoms with Crippen molar-refractivity contribution in [2.24, 2.45) is 4.99 Å². The molecule has 32 heavy (non-hydrogen) atoms. The van der Waals surface area contributed by atoms with Crippen molar-refractivity contribution in [3.05, 3.63) is 23.8 Å². The maximum Gasteiger partial charge on any atom is 0.251 e. The molecule has 2 atom stereocenters. The first-order valence-electron chi connectivity index (χ1n) is 10.9. The van der Waals surface area contributed by atoms with Crippen LogP contribution in [-0.4, -0.2) is 93.0 Å². The van der Waals surface area contributed by atoms with Crippen LogP contribution in [0.5, 0.6) is 11.5 Å². The van der Waals surface area contributed by atoms with Crippen LogP contribution in [0.3, 0.4) is 0 Å². The molecule has 2 fully saturated rings. The number of amides is 1. The molecule has 0 aromatic heterocycles. The Bertz CT molecular complexity index is 742. The normalized spacial score (nSPS) is 19.9.